The molecule has 2 heterocycles. The first kappa shape index (κ1) is 19.2. The number of oxazole rings is 1. The zero-order valence-electron chi connectivity index (χ0n) is 17.2. The SMILES string of the molecule is Cc1cccc(-c2cnc(C(=O)C3Cc4ccc(OCc5ccccc5)cc4C3)o2)n1. The van der Waals surface area contributed by atoms with Crippen molar-refractivity contribution in [3.8, 4) is 17.2 Å². The molecule has 0 saturated carbocycles. The number of hydrogen-bond acceptors (Lipinski definition) is 5. The van der Waals surface area contributed by atoms with E-state index in [1.165, 1.54) is 5.56 Å². The minimum atomic E-state index is -0.170. The van der Waals surface area contributed by atoms with Crippen LogP contribution in [0.15, 0.2) is 77.3 Å². The van der Waals surface area contributed by atoms with Crippen LogP contribution in [0.1, 0.15) is 33.1 Å². The first-order valence-corrected chi connectivity index (χ1v) is 10.4. The van der Waals surface area contributed by atoms with Crippen molar-refractivity contribution in [3.63, 3.8) is 0 Å². The Balaban J connectivity index is 1.27. The van der Waals surface area contributed by atoms with E-state index in [1.807, 2.05) is 67.6 Å². The highest BCUT2D eigenvalue weighted by molar-refractivity contribution is 5.95. The Bertz CT molecular complexity index is 1230. The minimum Gasteiger partial charge on any atom is -0.489 e. The van der Waals surface area contributed by atoms with E-state index in [9.17, 15) is 4.79 Å². The van der Waals surface area contributed by atoms with Crippen molar-refractivity contribution in [1.82, 2.24) is 9.97 Å². The van der Waals surface area contributed by atoms with Crippen molar-refractivity contribution in [2.75, 3.05) is 0 Å². The van der Waals surface area contributed by atoms with E-state index in [0.717, 1.165) is 22.6 Å². The van der Waals surface area contributed by atoms with Crippen molar-refractivity contribution in [3.05, 3.63) is 101 Å². The molecule has 154 valence electrons. The lowest BCUT2D eigenvalue weighted by molar-refractivity contribution is 0.0890. The van der Waals surface area contributed by atoms with Gasteiger partial charge < -0.3 is 9.15 Å². The predicted octanol–water partition coefficient (Wildman–Crippen LogP) is 5.22. The number of aromatic nitrogens is 2. The number of aryl methyl sites for hydroxylation is 1. The zero-order chi connectivity index (χ0) is 21.2. The van der Waals surface area contributed by atoms with Crippen LogP contribution >= 0.6 is 0 Å². The second-order valence-corrected chi connectivity index (χ2v) is 7.87. The Morgan fingerprint density at radius 1 is 1.03 bits per heavy atom. The molecule has 1 unspecified atom stereocenters. The Kier molecular flexibility index (Phi) is 5.08. The molecule has 4 aromatic rings. The molecular formula is C26H22N2O3. The highest BCUT2D eigenvalue weighted by Gasteiger charge is 2.31. The van der Waals surface area contributed by atoms with Crippen LogP contribution in [-0.4, -0.2) is 15.8 Å². The second-order valence-electron chi connectivity index (χ2n) is 7.87. The van der Waals surface area contributed by atoms with Crippen molar-refractivity contribution in [2.24, 2.45) is 5.92 Å². The summed E-state index contributed by atoms with van der Waals surface area (Å²) in [5.41, 5.74) is 5.02. The fourth-order valence-electron chi connectivity index (χ4n) is 3.97. The molecular weight excluding hydrogens is 388 g/mol. The molecule has 0 amide bonds. The van der Waals surface area contributed by atoms with Gasteiger partial charge >= 0.3 is 0 Å². The van der Waals surface area contributed by atoms with Crippen molar-refractivity contribution >= 4 is 5.78 Å². The van der Waals surface area contributed by atoms with Crippen LogP contribution in [0.5, 0.6) is 5.75 Å². The fourth-order valence-corrected chi connectivity index (χ4v) is 3.97. The number of rotatable bonds is 6. The van der Waals surface area contributed by atoms with Crippen LogP contribution in [0.25, 0.3) is 11.5 Å². The molecule has 0 spiro atoms. The predicted molar refractivity (Wildman–Crippen MR) is 117 cm³/mol. The fraction of sp³-hybridized carbons (Fsp3) is 0.192. The van der Waals surface area contributed by atoms with E-state index in [0.29, 0.717) is 30.9 Å². The third-order valence-corrected chi connectivity index (χ3v) is 5.59. The number of ketones is 1. The number of hydrogen-bond donors (Lipinski definition) is 0. The number of benzene rings is 2. The molecule has 5 heteroatoms. The van der Waals surface area contributed by atoms with Crippen LogP contribution < -0.4 is 4.74 Å². The summed E-state index contributed by atoms with van der Waals surface area (Å²) in [5.74, 6) is 1.24. The first-order chi connectivity index (χ1) is 15.2. The lowest BCUT2D eigenvalue weighted by Gasteiger charge is -2.08. The molecule has 5 nitrogen and oxygen atoms in total. The average Bonchev–Trinajstić information content (AvgIpc) is 3.45. The van der Waals surface area contributed by atoms with Crippen LogP contribution in [-0.2, 0) is 19.4 Å². The zero-order valence-corrected chi connectivity index (χ0v) is 17.2. The van der Waals surface area contributed by atoms with Gasteiger partial charge in [0.05, 0.1) is 6.20 Å². The molecule has 1 aliphatic rings. The van der Waals surface area contributed by atoms with Gasteiger partial charge in [0, 0.05) is 11.6 Å². The van der Waals surface area contributed by atoms with Gasteiger partial charge in [-0.25, -0.2) is 9.97 Å². The van der Waals surface area contributed by atoms with Crippen molar-refractivity contribution < 1.29 is 13.9 Å². The van der Waals surface area contributed by atoms with Crippen molar-refractivity contribution in [2.45, 2.75) is 26.4 Å². The maximum atomic E-state index is 13.0. The summed E-state index contributed by atoms with van der Waals surface area (Å²) in [4.78, 5) is 21.7. The van der Waals surface area contributed by atoms with Gasteiger partial charge in [-0.2, -0.15) is 0 Å². The molecule has 0 bridgehead atoms. The monoisotopic (exact) mass is 410 g/mol. The van der Waals surface area contributed by atoms with E-state index in [4.69, 9.17) is 9.15 Å². The van der Waals surface area contributed by atoms with Crippen LogP contribution in [0.3, 0.4) is 0 Å². The summed E-state index contributed by atoms with van der Waals surface area (Å²) in [6, 6.07) is 21.8. The molecule has 0 N–H and O–H groups in total. The first-order valence-electron chi connectivity index (χ1n) is 10.4. The van der Waals surface area contributed by atoms with Crippen LogP contribution in [0.4, 0.5) is 0 Å². The van der Waals surface area contributed by atoms with E-state index in [-0.39, 0.29) is 17.6 Å². The van der Waals surface area contributed by atoms with Gasteiger partial charge in [-0.15, -0.1) is 0 Å². The highest BCUT2D eigenvalue weighted by atomic mass is 16.5. The summed E-state index contributed by atoms with van der Waals surface area (Å²) in [6.07, 6.45) is 2.93. The third kappa shape index (κ3) is 4.12. The number of nitrogens with zero attached hydrogens (tertiary/aromatic N) is 2. The number of carbonyl (C=O) groups excluding carboxylic acids is 1. The maximum Gasteiger partial charge on any atom is 0.264 e. The molecule has 1 aliphatic carbocycles. The number of fused-ring (bicyclic) bond motifs is 1. The molecule has 0 fully saturated rings. The second kappa shape index (κ2) is 8.19. The maximum absolute atomic E-state index is 13.0. The van der Waals surface area contributed by atoms with Crippen LogP contribution in [0, 0.1) is 12.8 Å². The summed E-state index contributed by atoms with van der Waals surface area (Å²) in [6.45, 7) is 2.44. The van der Waals surface area contributed by atoms with E-state index < -0.39 is 0 Å². The summed E-state index contributed by atoms with van der Waals surface area (Å²) >= 11 is 0. The molecule has 2 aromatic heterocycles. The average molecular weight is 410 g/mol. The molecule has 5 rings (SSSR count). The van der Waals surface area contributed by atoms with Gasteiger partial charge in [0.1, 0.15) is 18.1 Å². The quantitative estimate of drug-likeness (QED) is 0.408. The van der Waals surface area contributed by atoms with Gasteiger partial charge in [0.25, 0.3) is 5.89 Å². The number of Topliss-reactive ketones (excluding diaryl/α,β-unsaturated/α-hetero) is 1. The molecule has 1 atom stereocenters. The lowest BCUT2D eigenvalue weighted by Crippen LogP contribution is -2.15. The van der Waals surface area contributed by atoms with Crippen LogP contribution in [0.2, 0.25) is 0 Å². The smallest absolute Gasteiger partial charge is 0.264 e. The van der Waals surface area contributed by atoms with Gasteiger partial charge in [0.2, 0.25) is 5.78 Å². The number of ether oxygens (including phenoxy) is 1. The Morgan fingerprint density at radius 3 is 2.71 bits per heavy atom. The number of carbonyl (C=O) groups is 1. The van der Waals surface area contributed by atoms with Gasteiger partial charge in [-0.05, 0) is 60.7 Å². The summed E-state index contributed by atoms with van der Waals surface area (Å²) < 4.78 is 11.7. The molecule has 2 aromatic carbocycles. The van der Waals surface area contributed by atoms with Crippen molar-refractivity contribution in [1.29, 1.82) is 0 Å². The topological polar surface area (TPSA) is 65.2 Å². The standard InChI is InChI=1S/C26H22N2O3/c1-17-6-5-9-23(28-17)24-15-27-26(31-24)25(29)21-12-19-10-11-22(14-20(19)13-21)30-16-18-7-3-2-4-8-18/h2-11,14-15,21H,12-13,16H2,1H3. The Morgan fingerprint density at radius 2 is 1.87 bits per heavy atom. The van der Waals surface area contributed by atoms with E-state index in [1.54, 1.807) is 6.20 Å². The number of pyridine rings is 1. The summed E-state index contributed by atoms with van der Waals surface area (Å²) in [7, 11) is 0. The summed E-state index contributed by atoms with van der Waals surface area (Å²) in [5, 5.41) is 0. The molecule has 31 heavy (non-hydrogen) atoms. The molecule has 0 saturated heterocycles. The van der Waals surface area contributed by atoms with Gasteiger partial charge in [0.15, 0.2) is 5.76 Å². The van der Waals surface area contributed by atoms with E-state index >= 15 is 0 Å². The Hall–Kier alpha value is -3.73. The van der Waals surface area contributed by atoms with Gasteiger partial charge in [-0.1, -0.05) is 42.5 Å². The molecule has 0 radical (unpaired) electrons. The lowest BCUT2D eigenvalue weighted by atomic mass is 10.0. The minimum absolute atomic E-state index is 0.0677. The highest BCUT2D eigenvalue weighted by Crippen LogP contribution is 2.32. The third-order valence-electron chi connectivity index (χ3n) is 5.59. The Labute approximate surface area is 180 Å². The normalized spacial score (nSPS) is 14.9. The molecule has 0 aliphatic heterocycles. The van der Waals surface area contributed by atoms with Gasteiger partial charge in [-0.3, -0.25) is 4.79 Å². The largest absolute Gasteiger partial charge is 0.489 e. The van der Waals surface area contributed by atoms with E-state index in [2.05, 4.69) is 16.0 Å².